The van der Waals surface area contributed by atoms with Crippen LogP contribution in [0.5, 0.6) is 5.75 Å². The number of nitrogens with one attached hydrogen (secondary N) is 2. The maximum atomic E-state index is 14.3. The smallest absolute Gasteiger partial charge is 0.382 e. The molecular formula is C33H30N5O5P. The lowest BCUT2D eigenvalue weighted by Crippen LogP contribution is -2.37. The molecule has 3 aromatic carbocycles. The van der Waals surface area contributed by atoms with E-state index in [0.717, 1.165) is 22.4 Å². The summed E-state index contributed by atoms with van der Waals surface area (Å²) in [5.74, 6) is 0.772. The lowest BCUT2D eigenvalue weighted by atomic mass is 10.0. The number of benzene rings is 3. The number of rotatable bonds is 11. The zero-order chi connectivity index (χ0) is 30.5. The average Bonchev–Trinajstić information content (AvgIpc) is 3.70. The maximum Gasteiger partial charge on any atom is 0.382 e. The monoisotopic (exact) mass is 607 g/mol. The molecule has 11 heteroatoms. The zero-order valence-corrected chi connectivity index (χ0v) is 25.0. The predicted molar refractivity (Wildman–Crippen MR) is 169 cm³/mol. The molecule has 0 radical (unpaired) electrons. The van der Waals surface area contributed by atoms with Crippen LogP contribution in [0.3, 0.4) is 0 Å². The molecule has 10 nitrogen and oxygen atoms in total. The molecule has 0 aliphatic heterocycles. The molecule has 0 amide bonds. The third kappa shape index (κ3) is 6.27. The van der Waals surface area contributed by atoms with Crippen LogP contribution in [0.1, 0.15) is 13.8 Å². The van der Waals surface area contributed by atoms with Crippen LogP contribution in [0.2, 0.25) is 0 Å². The highest BCUT2D eigenvalue weighted by molar-refractivity contribution is 7.65. The number of fused-ring (bicyclic) bond motifs is 1. The molecule has 0 saturated heterocycles. The van der Waals surface area contributed by atoms with Gasteiger partial charge < -0.3 is 19.0 Å². The van der Waals surface area contributed by atoms with Crippen molar-refractivity contribution in [1.82, 2.24) is 19.7 Å². The number of para-hydroxylation sites is 2. The van der Waals surface area contributed by atoms with E-state index in [1.54, 1.807) is 54.8 Å². The molecule has 44 heavy (non-hydrogen) atoms. The van der Waals surface area contributed by atoms with Gasteiger partial charge in [-0.3, -0.25) is 9.36 Å². The van der Waals surface area contributed by atoms with E-state index in [1.807, 2.05) is 79.0 Å². The van der Waals surface area contributed by atoms with Crippen molar-refractivity contribution < 1.29 is 23.0 Å². The number of esters is 1. The van der Waals surface area contributed by atoms with Gasteiger partial charge in [0.15, 0.2) is 5.65 Å². The molecule has 0 aliphatic rings. The third-order valence-corrected chi connectivity index (χ3v) is 8.73. The summed E-state index contributed by atoms with van der Waals surface area (Å²) in [6.07, 6.45) is 1.85. The van der Waals surface area contributed by atoms with Gasteiger partial charge in [0.1, 0.15) is 17.6 Å². The minimum Gasteiger partial charge on any atom is -0.465 e. The van der Waals surface area contributed by atoms with Gasteiger partial charge in [-0.05, 0) is 74.0 Å². The van der Waals surface area contributed by atoms with Crippen molar-refractivity contribution in [2.45, 2.75) is 19.9 Å². The number of aromatic nitrogens is 3. The van der Waals surface area contributed by atoms with E-state index in [4.69, 9.17) is 18.7 Å². The summed E-state index contributed by atoms with van der Waals surface area (Å²) < 4.78 is 33.2. The van der Waals surface area contributed by atoms with Gasteiger partial charge in [0.2, 0.25) is 11.4 Å². The highest BCUT2D eigenvalue weighted by Gasteiger charge is 2.36. The summed E-state index contributed by atoms with van der Waals surface area (Å²) in [6.45, 7) is 3.48. The van der Waals surface area contributed by atoms with Crippen molar-refractivity contribution >= 4 is 36.3 Å². The summed E-state index contributed by atoms with van der Waals surface area (Å²) in [5, 5.41) is 10.6. The largest absolute Gasteiger partial charge is 0.465 e. The van der Waals surface area contributed by atoms with Gasteiger partial charge in [0.05, 0.1) is 6.61 Å². The molecule has 0 spiro atoms. The third-order valence-electron chi connectivity index (χ3n) is 6.71. The van der Waals surface area contributed by atoms with E-state index in [2.05, 4.69) is 15.5 Å². The minimum absolute atomic E-state index is 0.0640. The number of anilines is 2. The molecule has 2 N–H and O–H groups in total. The number of hydrogen-bond acceptors (Lipinski definition) is 8. The Hall–Kier alpha value is -5.18. The topological polar surface area (TPSA) is 120 Å². The number of pyridine rings is 1. The first kappa shape index (κ1) is 28.9. The van der Waals surface area contributed by atoms with Crippen molar-refractivity contribution in [2.24, 2.45) is 0 Å². The summed E-state index contributed by atoms with van der Waals surface area (Å²) in [6, 6.07) is 32.5. The molecule has 3 heterocycles. The molecule has 0 bridgehead atoms. The lowest BCUT2D eigenvalue weighted by molar-refractivity contribution is -0.144. The predicted octanol–water partition coefficient (Wildman–Crippen LogP) is 6.84. The van der Waals surface area contributed by atoms with Gasteiger partial charge in [0.25, 0.3) is 0 Å². The number of carbonyl (C=O) groups is 1. The number of nitrogens with zero attached hydrogens (tertiary/aromatic N) is 3. The molecule has 0 fully saturated rings. The fourth-order valence-electron chi connectivity index (χ4n) is 4.66. The Kier molecular flexibility index (Phi) is 8.27. The lowest BCUT2D eigenvalue weighted by Gasteiger charge is -2.21. The normalized spacial score (nSPS) is 13.2. The quantitative estimate of drug-likeness (QED) is 0.121. The van der Waals surface area contributed by atoms with Crippen molar-refractivity contribution in [3.8, 4) is 28.2 Å². The van der Waals surface area contributed by atoms with Crippen LogP contribution in [-0.4, -0.2) is 33.2 Å². The number of furan rings is 1. The van der Waals surface area contributed by atoms with Gasteiger partial charge in [-0.1, -0.05) is 54.6 Å². The number of hydrogen-bond donors (Lipinski definition) is 2. The molecule has 6 aromatic rings. The van der Waals surface area contributed by atoms with E-state index in [-0.39, 0.29) is 12.1 Å². The van der Waals surface area contributed by atoms with Crippen LogP contribution in [0.15, 0.2) is 120 Å². The van der Waals surface area contributed by atoms with E-state index in [9.17, 15) is 9.36 Å². The Bertz CT molecular complexity index is 1940. The number of ether oxygens (including phenoxy) is 1. The standard InChI is InChI=1S/C33H30N5O5P/c1-3-41-32(39)23(2)37-44(40,43-27-16-8-5-9-17-27)30-20-19-29(42-30)25-13-10-12-24(22-25)28-18-11-21-38-31(28)35-33(36-38)34-26-14-6-4-7-15-26/h4-23H,3H2,1-2H3,(H,34,36)(H,37,40)/t23-,44?/m0/s1. The average molecular weight is 608 g/mol. The van der Waals surface area contributed by atoms with E-state index >= 15 is 0 Å². The van der Waals surface area contributed by atoms with Gasteiger partial charge in [-0.15, -0.1) is 5.10 Å². The summed E-state index contributed by atoms with van der Waals surface area (Å²) >= 11 is 0. The molecule has 3 aromatic heterocycles. The van der Waals surface area contributed by atoms with Crippen molar-refractivity contribution in [3.63, 3.8) is 0 Å². The van der Waals surface area contributed by atoms with Gasteiger partial charge in [0, 0.05) is 23.0 Å². The first-order valence-electron chi connectivity index (χ1n) is 14.1. The molecule has 222 valence electrons. The van der Waals surface area contributed by atoms with Crippen LogP contribution < -0.4 is 20.4 Å². The second kappa shape index (κ2) is 12.6. The Morgan fingerprint density at radius 3 is 2.45 bits per heavy atom. The second-order valence-electron chi connectivity index (χ2n) is 9.89. The first-order chi connectivity index (χ1) is 21.4. The van der Waals surface area contributed by atoms with Gasteiger partial charge in [-0.25, -0.2) is 9.60 Å². The van der Waals surface area contributed by atoms with Crippen LogP contribution in [0.25, 0.3) is 28.1 Å². The highest BCUT2D eigenvalue weighted by Crippen LogP contribution is 2.44. The van der Waals surface area contributed by atoms with Gasteiger partial charge in [-0.2, -0.15) is 4.98 Å². The summed E-state index contributed by atoms with van der Waals surface area (Å²) in [7, 11) is -3.90. The minimum atomic E-state index is -3.90. The molecule has 0 aliphatic carbocycles. The molecule has 0 saturated carbocycles. The Labute approximate surface area is 254 Å². The van der Waals surface area contributed by atoms with Crippen molar-refractivity contribution in [2.75, 3.05) is 11.9 Å². The zero-order valence-electron chi connectivity index (χ0n) is 24.1. The molecule has 6 rings (SSSR count). The van der Waals surface area contributed by atoms with E-state index < -0.39 is 19.5 Å². The first-order valence-corrected chi connectivity index (χ1v) is 15.7. The van der Waals surface area contributed by atoms with E-state index in [1.165, 1.54) is 0 Å². The van der Waals surface area contributed by atoms with Crippen molar-refractivity contribution in [3.05, 3.63) is 115 Å². The molecule has 2 atom stereocenters. The van der Waals surface area contributed by atoms with Crippen molar-refractivity contribution in [1.29, 1.82) is 0 Å². The summed E-state index contributed by atoms with van der Waals surface area (Å²) in [4.78, 5) is 17.1. The Morgan fingerprint density at radius 1 is 0.932 bits per heavy atom. The molecule has 1 unspecified atom stereocenters. The number of carbonyl (C=O) groups excluding carboxylic acids is 1. The Morgan fingerprint density at radius 2 is 1.68 bits per heavy atom. The van der Waals surface area contributed by atoms with E-state index in [0.29, 0.717) is 23.1 Å². The van der Waals surface area contributed by atoms with Crippen LogP contribution in [0, 0.1) is 0 Å². The second-order valence-corrected chi connectivity index (χ2v) is 11.9. The summed E-state index contributed by atoms with van der Waals surface area (Å²) in [5.41, 5.74) is 4.15. The Balaban J connectivity index is 1.31. The van der Waals surface area contributed by atoms with Crippen LogP contribution in [0.4, 0.5) is 11.6 Å². The molecular weight excluding hydrogens is 577 g/mol. The van der Waals surface area contributed by atoms with Crippen LogP contribution >= 0.6 is 7.52 Å². The highest BCUT2D eigenvalue weighted by atomic mass is 31.2. The van der Waals surface area contributed by atoms with Crippen LogP contribution in [-0.2, 0) is 14.1 Å². The fourth-order valence-corrected chi connectivity index (χ4v) is 6.45. The SMILES string of the molecule is CCOC(=O)[C@H](C)NP(=O)(Oc1ccccc1)c1ccc(-c2cccc(-c3cccn4nc(Nc5ccccc5)nc34)c2)o1. The maximum absolute atomic E-state index is 14.3. The fraction of sp³-hybridized carbons (Fsp3) is 0.121. The van der Waals surface area contributed by atoms with Gasteiger partial charge >= 0.3 is 13.5 Å².